The first-order valence-electron chi connectivity index (χ1n) is 43.3. The number of aliphatic hydroxyl groups excluding tert-OH is 1. The van der Waals surface area contributed by atoms with Crippen molar-refractivity contribution in [1.29, 1.82) is 0 Å². The maximum absolute atomic E-state index is 13.1. The summed E-state index contributed by atoms with van der Waals surface area (Å²) in [4.78, 5) is 73.1. The van der Waals surface area contributed by atoms with E-state index in [1.165, 1.54) is 231 Å². The second-order valence-electron chi connectivity index (χ2n) is 31.4. The molecule has 0 saturated carbocycles. The van der Waals surface area contributed by atoms with E-state index in [1.807, 2.05) is 0 Å². The fraction of sp³-hybridized carbons (Fsp3) is 0.952. The summed E-state index contributed by atoms with van der Waals surface area (Å²) in [6.45, 7) is 14.3. The van der Waals surface area contributed by atoms with Gasteiger partial charge in [-0.05, 0) is 49.4 Å². The molecule has 0 rings (SSSR count). The Morgan fingerprint density at radius 1 is 0.272 bits per heavy atom. The highest BCUT2D eigenvalue weighted by molar-refractivity contribution is 7.47. The van der Waals surface area contributed by atoms with E-state index in [4.69, 9.17) is 37.0 Å². The van der Waals surface area contributed by atoms with Crippen molar-refractivity contribution in [3.05, 3.63) is 0 Å². The first-order chi connectivity index (χ1) is 49.7. The number of phosphoric ester groups is 2. The van der Waals surface area contributed by atoms with Crippen molar-refractivity contribution in [2.24, 2.45) is 23.7 Å². The van der Waals surface area contributed by atoms with E-state index in [1.54, 1.807) is 0 Å². The minimum Gasteiger partial charge on any atom is -0.462 e. The Kier molecular flexibility index (Phi) is 71.5. The average Bonchev–Trinajstić information content (AvgIpc) is 0.929. The third-order valence-corrected chi connectivity index (χ3v) is 22.6. The van der Waals surface area contributed by atoms with E-state index < -0.39 is 97.5 Å². The molecule has 0 aromatic rings. The summed E-state index contributed by atoms with van der Waals surface area (Å²) < 4.78 is 68.8. The van der Waals surface area contributed by atoms with Crippen molar-refractivity contribution in [3.8, 4) is 0 Å². The van der Waals surface area contributed by atoms with E-state index in [0.29, 0.717) is 25.7 Å². The normalized spacial score (nSPS) is 14.8. The number of ether oxygens (including phenoxy) is 4. The summed E-state index contributed by atoms with van der Waals surface area (Å²) in [6.07, 6.45) is 61.1. The summed E-state index contributed by atoms with van der Waals surface area (Å²) in [5, 5.41) is 10.7. The maximum atomic E-state index is 13.1. The third kappa shape index (κ3) is 74.0. The van der Waals surface area contributed by atoms with Gasteiger partial charge < -0.3 is 33.8 Å². The molecule has 0 saturated heterocycles. The van der Waals surface area contributed by atoms with Crippen LogP contribution in [0.2, 0.25) is 0 Å². The highest BCUT2D eigenvalue weighted by Gasteiger charge is 2.30. The van der Waals surface area contributed by atoms with E-state index in [-0.39, 0.29) is 25.7 Å². The molecule has 8 atom stereocenters. The Balaban J connectivity index is 5.19. The minimum absolute atomic E-state index is 0.107. The van der Waals surface area contributed by atoms with Crippen LogP contribution in [0.4, 0.5) is 0 Å². The Bertz CT molecular complexity index is 2010. The molecule has 0 aliphatic rings. The highest BCUT2D eigenvalue weighted by Crippen LogP contribution is 2.45. The molecular formula is C84H164O17P2. The largest absolute Gasteiger partial charge is 0.472 e. The van der Waals surface area contributed by atoms with Crippen LogP contribution >= 0.6 is 15.6 Å². The fourth-order valence-electron chi connectivity index (χ4n) is 12.9. The number of hydrogen-bond donors (Lipinski definition) is 3. The summed E-state index contributed by atoms with van der Waals surface area (Å²) in [7, 11) is -9.93. The van der Waals surface area contributed by atoms with Gasteiger partial charge in [0.2, 0.25) is 0 Å². The van der Waals surface area contributed by atoms with E-state index in [9.17, 15) is 43.2 Å². The van der Waals surface area contributed by atoms with Crippen LogP contribution in [0.3, 0.4) is 0 Å². The van der Waals surface area contributed by atoms with Gasteiger partial charge in [0.15, 0.2) is 12.2 Å². The quantitative estimate of drug-likeness (QED) is 0.0222. The molecule has 0 spiro atoms. The number of aliphatic hydroxyl groups is 1. The van der Waals surface area contributed by atoms with Crippen LogP contribution in [-0.4, -0.2) is 96.7 Å². The molecule has 0 aliphatic carbocycles. The monoisotopic (exact) mass is 1510 g/mol. The number of hydrogen-bond acceptors (Lipinski definition) is 15. The molecule has 0 aromatic heterocycles. The summed E-state index contributed by atoms with van der Waals surface area (Å²) in [6, 6.07) is 0. The first kappa shape index (κ1) is 101. The highest BCUT2D eigenvalue weighted by atomic mass is 31.2. The maximum Gasteiger partial charge on any atom is 0.472 e. The minimum atomic E-state index is -4.96. The van der Waals surface area contributed by atoms with Gasteiger partial charge in [-0.2, -0.15) is 0 Å². The lowest BCUT2D eigenvalue weighted by Crippen LogP contribution is -2.30. The lowest BCUT2D eigenvalue weighted by atomic mass is 9.99. The van der Waals surface area contributed by atoms with Crippen LogP contribution in [0.1, 0.15) is 434 Å². The van der Waals surface area contributed by atoms with Crippen LogP contribution in [0, 0.1) is 23.7 Å². The third-order valence-electron chi connectivity index (χ3n) is 20.7. The molecule has 0 fully saturated rings. The van der Waals surface area contributed by atoms with Gasteiger partial charge in [0, 0.05) is 25.7 Å². The molecule has 17 nitrogen and oxygen atoms in total. The molecule has 612 valence electrons. The zero-order chi connectivity index (χ0) is 76.0. The molecule has 0 aromatic carbocycles. The molecule has 0 bridgehead atoms. The number of carbonyl (C=O) groups excluding carboxylic acids is 4. The fourth-order valence-corrected chi connectivity index (χ4v) is 14.4. The predicted octanol–water partition coefficient (Wildman–Crippen LogP) is 25.2. The van der Waals surface area contributed by atoms with Crippen LogP contribution in [0.15, 0.2) is 0 Å². The van der Waals surface area contributed by atoms with Crippen molar-refractivity contribution in [1.82, 2.24) is 0 Å². The Morgan fingerprint density at radius 3 is 0.689 bits per heavy atom. The van der Waals surface area contributed by atoms with Crippen molar-refractivity contribution in [2.75, 3.05) is 39.6 Å². The van der Waals surface area contributed by atoms with Crippen LogP contribution in [-0.2, 0) is 65.4 Å². The van der Waals surface area contributed by atoms with Gasteiger partial charge in [-0.3, -0.25) is 37.3 Å². The van der Waals surface area contributed by atoms with Gasteiger partial charge >= 0.3 is 39.5 Å². The van der Waals surface area contributed by atoms with Gasteiger partial charge in [-0.1, -0.05) is 383 Å². The molecule has 0 heterocycles. The standard InChI is InChI=1S/C84H164O17P2/c1-9-75(6)61-53-45-37-31-27-23-19-14-12-13-15-20-24-28-32-40-50-59-67-84(89)101-80(71-95-82(87)65-57-49-43-42-47-55-63-77(8)11-3)73-99-103(92,93)97-69-78(85)68-96-102(90,91)98-72-79(70-94-81(86)64-56-48-39-35-34-38-46-54-62-76(7)10-2)100-83(88)66-58-51-41-33-29-25-21-17-16-18-22-26-30-36-44-52-60-74(4)5/h74-80,85H,9-73H2,1-8H3,(H,90,91)(H,92,93)/t75?,76?,77?,78-,79-,80-/m1/s1. The predicted molar refractivity (Wildman–Crippen MR) is 423 cm³/mol. The van der Waals surface area contributed by atoms with Crippen molar-refractivity contribution >= 4 is 39.5 Å². The summed E-state index contributed by atoms with van der Waals surface area (Å²) >= 11 is 0. The molecule has 3 N–H and O–H groups in total. The van der Waals surface area contributed by atoms with E-state index in [0.717, 1.165) is 120 Å². The molecular weight excluding hydrogens is 1340 g/mol. The number of carbonyl (C=O) groups is 4. The Hall–Kier alpha value is -1.94. The first-order valence-corrected chi connectivity index (χ1v) is 46.3. The smallest absolute Gasteiger partial charge is 0.462 e. The van der Waals surface area contributed by atoms with Crippen molar-refractivity contribution in [3.63, 3.8) is 0 Å². The van der Waals surface area contributed by atoms with Gasteiger partial charge in [-0.25, -0.2) is 9.13 Å². The average molecular weight is 1510 g/mol. The Labute approximate surface area is 632 Å². The number of esters is 4. The van der Waals surface area contributed by atoms with Gasteiger partial charge in [0.25, 0.3) is 0 Å². The molecule has 0 amide bonds. The zero-order valence-electron chi connectivity index (χ0n) is 68.0. The molecule has 0 radical (unpaired) electrons. The lowest BCUT2D eigenvalue weighted by Gasteiger charge is -2.21. The zero-order valence-corrected chi connectivity index (χ0v) is 69.7. The van der Waals surface area contributed by atoms with Gasteiger partial charge in [-0.15, -0.1) is 0 Å². The Morgan fingerprint density at radius 2 is 0.466 bits per heavy atom. The molecule has 0 aliphatic heterocycles. The topological polar surface area (TPSA) is 237 Å². The van der Waals surface area contributed by atoms with Gasteiger partial charge in [0.05, 0.1) is 26.4 Å². The second-order valence-corrected chi connectivity index (χ2v) is 34.3. The van der Waals surface area contributed by atoms with Gasteiger partial charge in [0.1, 0.15) is 19.3 Å². The molecule has 103 heavy (non-hydrogen) atoms. The van der Waals surface area contributed by atoms with E-state index in [2.05, 4.69) is 55.4 Å². The lowest BCUT2D eigenvalue weighted by molar-refractivity contribution is -0.161. The van der Waals surface area contributed by atoms with Crippen molar-refractivity contribution < 1.29 is 80.2 Å². The van der Waals surface area contributed by atoms with Crippen LogP contribution in [0.25, 0.3) is 0 Å². The second kappa shape index (κ2) is 72.9. The number of phosphoric acid groups is 2. The van der Waals surface area contributed by atoms with Crippen LogP contribution < -0.4 is 0 Å². The molecule has 19 heteroatoms. The summed E-state index contributed by atoms with van der Waals surface area (Å²) in [5.41, 5.74) is 0. The SMILES string of the molecule is CCC(C)CCCCCCCCCCCCCCCCCCCCC(=O)O[C@H](COC(=O)CCCCCCCCC(C)CC)COP(=O)(O)OC[C@H](O)COP(=O)(O)OC[C@@H](COC(=O)CCCCCCCCCCC(C)CC)OC(=O)CCCCCCCCCCCCCCCCCCC(C)C. The molecule has 5 unspecified atom stereocenters. The van der Waals surface area contributed by atoms with Crippen LogP contribution in [0.5, 0.6) is 0 Å². The van der Waals surface area contributed by atoms with Crippen molar-refractivity contribution in [2.45, 2.75) is 453 Å². The summed E-state index contributed by atoms with van der Waals surface area (Å²) in [5.74, 6) is 1.08. The number of rotatable bonds is 81. The number of unbranched alkanes of at least 4 members (excludes halogenated alkanes) is 44. The van der Waals surface area contributed by atoms with E-state index >= 15 is 0 Å².